The van der Waals surface area contributed by atoms with Gasteiger partial charge in [0.25, 0.3) is 5.91 Å². The van der Waals surface area contributed by atoms with Crippen LogP contribution in [0.15, 0.2) is 17.1 Å². The van der Waals surface area contributed by atoms with E-state index in [4.69, 9.17) is 33.9 Å². The van der Waals surface area contributed by atoms with Crippen LogP contribution >= 0.6 is 23.4 Å². The molecule has 2 aromatic rings. The highest BCUT2D eigenvalue weighted by Crippen LogP contribution is 2.31. The van der Waals surface area contributed by atoms with Crippen LogP contribution in [0.2, 0.25) is 5.15 Å². The Morgan fingerprint density at radius 3 is 2.47 bits per heavy atom. The van der Waals surface area contributed by atoms with Gasteiger partial charge in [0.15, 0.2) is 28.4 Å². The van der Waals surface area contributed by atoms with Gasteiger partial charge in [0.05, 0.1) is 0 Å². The number of aromatic nitrogens is 2. The van der Waals surface area contributed by atoms with Gasteiger partial charge in [-0.15, -0.1) is 0 Å². The first-order valence-corrected chi connectivity index (χ1v) is 12.3. The van der Waals surface area contributed by atoms with Gasteiger partial charge in [-0.05, 0) is 79.0 Å². The molecular formula is C22H28ClN7O3S. The standard InChI is InChI=1S/C22H28ClN7O3S/c23-17-19(25)29-18(24)16(28-17)20(31)30-21(26)27-10-4-3-5-12-8-9-13(11-34-22(32)33)15-7-2-1-6-14(12)15/h8-9H,1-7,10-11H2,(H,32,33)(H4,24,25,29)(H3,26,27,30,31). The maximum atomic E-state index is 12.3. The number of hydrogen-bond donors (Lipinski definition) is 5. The second-order valence-corrected chi connectivity index (χ2v) is 9.20. The number of halogens is 1. The molecule has 0 unspecified atom stereocenters. The Hall–Kier alpha value is -3.05. The lowest BCUT2D eigenvalue weighted by atomic mass is 9.84. The lowest BCUT2D eigenvalue weighted by molar-refractivity contribution is 0.0972. The number of rotatable bonds is 8. The zero-order valence-electron chi connectivity index (χ0n) is 18.6. The number of aryl methyl sites for hydroxylation is 1. The number of carbonyl (C=O) groups is 2. The Morgan fingerprint density at radius 2 is 1.76 bits per heavy atom. The molecule has 34 heavy (non-hydrogen) atoms. The molecule has 182 valence electrons. The fraction of sp³-hybridized carbons (Fsp3) is 0.409. The van der Waals surface area contributed by atoms with Gasteiger partial charge in [-0.1, -0.05) is 23.7 Å². The molecule has 1 aliphatic carbocycles. The number of nitrogens with two attached hydrogens (primary N) is 3. The smallest absolute Gasteiger partial charge is 0.365 e. The molecular weight excluding hydrogens is 478 g/mol. The first-order valence-electron chi connectivity index (χ1n) is 10.9. The predicted octanol–water partition coefficient (Wildman–Crippen LogP) is 3.15. The summed E-state index contributed by atoms with van der Waals surface area (Å²) in [6, 6.07) is 4.20. The zero-order valence-corrected chi connectivity index (χ0v) is 20.2. The van der Waals surface area contributed by atoms with Gasteiger partial charge in [-0.3, -0.25) is 15.1 Å². The van der Waals surface area contributed by atoms with E-state index in [1.165, 1.54) is 16.7 Å². The Labute approximate surface area is 206 Å². The van der Waals surface area contributed by atoms with Crippen LogP contribution in [0.3, 0.4) is 0 Å². The average Bonchev–Trinajstić information content (AvgIpc) is 2.80. The number of amides is 1. The quantitative estimate of drug-likeness (QED) is 0.204. The minimum absolute atomic E-state index is 0.0446. The molecule has 3 rings (SSSR count). The summed E-state index contributed by atoms with van der Waals surface area (Å²) in [6.45, 7) is 0.450. The van der Waals surface area contributed by atoms with Crippen molar-refractivity contribution in [1.82, 2.24) is 15.3 Å². The molecule has 12 heteroatoms. The second kappa shape index (κ2) is 11.9. The summed E-state index contributed by atoms with van der Waals surface area (Å²) in [5.41, 5.74) is 22.0. The highest BCUT2D eigenvalue weighted by molar-refractivity contribution is 8.12. The molecule has 0 fully saturated rings. The van der Waals surface area contributed by atoms with Crippen molar-refractivity contribution in [1.29, 1.82) is 0 Å². The number of thioether (sulfide) groups is 1. The fourth-order valence-electron chi connectivity index (χ4n) is 3.98. The maximum absolute atomic E-state index is 12.3. The number of carboxylic acid groups (broad SMARTS) is 1. The van der Waals surface area contributed by atoms with E-state index in [2.05, 4.69) is 32.4 Å². The first kappa shape index (κ1) is 25.6. The van der Waals surface area contributed by atoms with Crippen LogP contribution < -0.4 is 22.5 Å². The van der Waals surface area contributed by atoms with Gasteiger partial charge in [0, 0.05) is 12.3 Å². The molecule has 1 aromatic heterocycles. The van der Waals surface area contributed by atoms with Crippen LogP contribution in [0.1, 0.15) is 58.4 Å². The largest absolute Gasteiger partial charge is 0.473 e. The van der Waals surface area contributed by atoms with Crippen molar-refractivity contribution in [3.8, 4) is 0 Å². The fourth-order valence-corrected chi connectivity index (χ4v) is 4.65. The third-order valence-electron chi connectivity index (χ3n) is 5.58. The maximum Gasteiger partial charge on any atom is 0.365 e. The van der Waals surface area contributed by atoms with E-state index in [1.54, 1.807) is 0 Å². The molecule has 0 radical (unpaired) electrons. The summed E-state index contributed by atoms with van der Waals surface area (Å²) in [7, 11) is 0. The summed E-state index contributed by atoms with van der Waals surface area (Å²) < 4.78 is 0. The normalized spacial score (nSPS) is 13.4. The van der Waals surface area contributed by atoms with Crippen LogP contribution in [0.25, 0.3) is 0 Å². The number of nitrogens with one attached hydrogen (secondary N) is 1. The molecule has 0 saturated carbocycles. The van der Waals surface area contributed by atoms with Crippen molar-refractivity contribution < 1.29 is 14.7 Å². The number of unbranched alkanes of at least 4 members (excludes halogenated alkanes) is 1. The lowest BCUT2D eigenvalue weighted by Crippen LogP contribution is -2.38. The zero-order chi connectivity index (χ0) is 24.7. The summed E-state index contributed by atoms with van der Waals surface area (Å²) in [4.78, 5) is 35.0. The third kappa shape index (κ3) is 6.73. The minimum atomic E-state index is -0.849. The lowest BCUT2D eigenvalue weighted by Gasteiger charge is -2.22. The molecule has 1 aromatic carbocycles. The van der Waals surface area contributed by atoms with Crippen LogP contribution in [-0.2, 0) is 25.0 Å². The Balaban J connectivity index is 1.52. The number of nitrogen functional groups attached to an aromatic ring is 2. The molecule has 0 saturated heterocycles. The van der Waals surface area contributed by atoms with Gasteiger partial charge in [-0.2, -0.15) is 0 Å². The number of hydrogen-bond acceptors (Lipinski definition) is 8. The van der Waals surface area contributed by atoms with Gasteiger partial charge in [-0.25, -0.2) is 14.8 Å². The topological polar surface area (TPSA) is 183 Å². The van der Waals surface area contributed by atoms with E-state index >= 15 is 0 Å². The second-order valence-electron chi connectivity index (χ2n) is 7.91. The molecule has 1 aliphatic rings. The van der Waals surface area contributed by atoms with E-state index in [9.17, 15) is 9.59 Å². The summed E-state index contributed by atoms with van der Waals surface area (Å²) >= 11 is 6.72. The van der Waals surface area contributed by atoms with Crippen LogP contribution in [0.4, 0.5) is 16.4 Å². The third-order valence-corrected chi connectivity index (χ3v) is 6.56. The number of nitrogens with zero attached hydrogens (tertiary/aromatic N) is 3. The Bertz CT molecular complexity index is 1110. The van der Waals surface area contributed by atoms with E-state index < -0.39 is 11.2 Å². The Kier molecular flexibility index (Phi) is 8.94. The molecule has 1 heterocycles. The summed E-state index contributed by atoms with van der Waals surface area (Å²) in [5, 5.41) is 10.4. The summed E-state index contributed by atoms with van der Waals surface area (Å²) in [5.74, 6) is -0.425. The first-order chi connectivity index (χ1) is 16.3. The van der Waals surface area contributed by atoms with Gasteiger partial charge < -0.3 is 22.3 Å². The molecule has 1 amide bonds. The molecule has 0 aliphatic heterocycles. The van der Waals surface area contributed by atoms with Crippen molar-refractivity contribution in [2.75, 3.05) is 18.0 Å². The van der Waals surface area contributed by atoms with Crippen molar-refractivity contribution in [3.63, 3.8) is 0 Å². The van der Waals surface area contributed by atoms with Crippen LogP contribution in [-0.4, -0.2) is 38.8 Å². The predicted molar refractivity (Wildman–Crippen MR) is 135 cm³/mol. The molecule has 0 atom stereocenters. The highest BCUT2D eigenvalue weighted by Gasteiger charge is 2.18. The van der Waals surface area contributed by atoms with Gasteiger partial charge >= 0.3 is 5.30 Å². The number of anilines is 2. The average molecular weight is 506 g/mol. The number of fused-ring (bicyclic) bond motifs is 1. The monoisotopic (exact) mass is 505 g/mol. The van der Waals surface area contributed by atoms with E-state index in [-0.39, 0.29) is 28.4 Å². The number of carbonyl (C=O) groups excluding carboxylic acids is 1. The van der Waals surface area contributed by atoms with Crippen molar-refractivity contribution in [3.05, 3.63) is 45.2 Å². The number of aliphatic imine (C=N–C) groups is 1. The van der Waals surface area contributed by atoms with E-state index in [1.807, 2.05) is 0 Å². The number of guanidine groups is 1. The van der Waals surface area contributed by atoms with Gasteiger partial charge in [0.1, 0.15) is 0 Å². The molecule has 0 bridgehead atoms. The van der Waals surface area contributed by atoms with E-state index in [0.717, 1.165) is 62.3 Å². The molecule has 10 nitrogen and oxygen atoms in total. The van der Waals surface area contributed by atoms with Crippen molar-refractivity contribution in [2.45, 2.75) is 50.7 Å². The van der Waals surface area contributed by atoms with Crippen LogP contribution in [0, 0.1) is 0 Å². The highest BCUT2D eigenvalue weighted by atomic mass is 35.5. The van der Waals surface area contributed by atoms with E-state index in [0.29, 0.717) is 12.3 Å². The Morgan fingerprint density at radius 1 is 1.09 bits per heavy atom. The summed E-state index contributed by atoms with van der Waals surface area (Å²) in [6.07, 6.45) is 6.95. The minimum Gasteiger partial charge on any atom is -0.473 e. The van der Waals surface area contributed by atoms with Crippen molar-refractivity contribution in [2.24, 2.45) is 10.7 Å². The van der Waals surface area contributed by atoms with Crippen LogP contribution in [0.5, 0.6) is 0 Å². The SMILES string of the molecule is NC(=NCCCCc1ccc(CSC(=O)O)c2c1CCCC2)NC(=O)c1nc(Cl)c(N)nc1N. The van der Waals surface area contributed by atoms with Crippen molar-refractivity contribution >= 4 is 52.2 Å². The molecule has 0 spiro atoms. The molecule has 8 N–H and O–H groups in total. The van der Waals surface area contributed by atoms with Gasteiger partial charge in [0.2, 0.25) is 0 Å². The number of benzene rings is 1.